The molecule has 1 aromatic heterocycles. The molecule has 10 heteroatoms. The van der Waals surface area contributed by atoms with Crippen LogP contribution >= 0.6 is 0 Å². The molecule has 0 bridgehead atoms. The number of aryl methyl sites for hydroxylation is 1. The second-order valence-corrected chi connectivity index (χ2v) is 5.56. The number of amides is 1. The molecule has 0 saturated carbocycles. The highest BCUT2D eigenvalue weighted by molar-refractivity contribution is 5.92. The van der Waals surface area contributed by atoms with Crippen molar-refractivity contribution in [3.63, 3.8) is 0 Å². The van der Waals surface area contributed by atoms with Gasteiger partial charge in [0.2, 0.25) is 0 Å². The third-order valence-electron chi connectivity index (χ3n) is 3.41. The van der Waals surface area contributed by atoms with E-state index in [0.717, 1.165) is 4.90 Å². The summed E-state index contributed by atoms with van der Waals surface area (Å²) < 4.78 is 77.3. The third kappa shape index (κ3) is 4.70. The number of rotatable bonds is 3. The predicted octanol–water partition coefficient (Wildman–Crippen LogP) is 4.09. The van der Waals surface area contributed by atoms with Gasteiger partial charge in [0.15, 0.2) is 0 Å². The Hall–Kier alpha value is -2.65. The molecule has 1 heterocycles. The van der Waals surface area contributed by atoms with E-state index in [1.54, 1.807) is 6.92 Å². The summed E-state index contributed by atoms with van der Waals surface area (Å²) in [4.78, 5) is 20.9. The standard InChI is InChI=1S/C16H13F6N3O/c1-9-23-4-3-13(24-9)14(26)25(2)8-10-5-11(15(17,18)19)7-12(6-10)16(20,21)22/h3-7H,8H2,1-2H3. The van der Waals surface area contributed by atoms with Crippen LogP contribution in [0.5, 0.6) is 0 Å². The fourth-order valence-electron chi connectivity index (χ4n) is 2.23. The van der Waals surface area contributed by atoms with Crippen LogP contribution in [-0.2, 0) is 18.9 Å². The number of benzene rings is 1. The molecule has 0 aliphatic heterocycles. The molecule has 140 valence electrons. The molecule has 0 aliphatic rings. The highest BCUT2D eigenvalue weighted by Gasteiger charge is 2.37. The summed E-state index contributed by atoms with van der Waals surface area (Å²) in [7, 11) is 1.26. The molecule has 0 saturated heterocycles. The first-order chi connectivity index (χ1) is 11.9. The molecule has 0 atom stereocenters. The molecule has 0 radical (unpaired) electrons. The summed E-state index contributed by atoms with van der Waals surface area (Å²) in [5.41, 5.74) is -3.17. The van der Waals surface area contributed by atoms with Crippen LogP contribution in [0.15, 0.2) is 30.5 Å². The van der Waals surface area contributed by atoms with E-state index in [0.29, 0.717) is 18.0 Å². The van der Waals surface area contributed by atoms with E-state index >= 15 is 0 Å². The molecule has 0 fully saturated rings. The lowest BCUT2D eigenvalue weighted by Crippen LogP contribution is -2.27. The number of hydrogen-bond donors (Lipinski definition) is 0. The van der Waals surface area contributed by atoms with Crippen molar-refractivity contribution in [2.45, 2.75) is 25.8 Å². The smallest absolute Gasteiger partial charge is 0.336 e. The van der Waals surface area contributed by atoms with Gasteiger partial charge in [-0.2, -0.15) is 26.3 Å². The summed E-state index contributed by atoms with van der Waals surface area (Å²) in [6, 6.07) is 2.52. The quantitative estimate of drug-likeness (QED) is 0.757. The molecule has 0 spiro atoms. The van der Waals surface area contributed by atoms with Gasteiger partial charge in [-0.05, 0) is 36.8 Å². The Morgan fingerprint density at radius 3 is 2.04 bits per heavy atom. The van der Waals surface area contributed by atoms with Gasteiger partial charge in [0, 0.05) is 19.8 Å². The first-order valence-electron chi connectivity index (χ1n) is 7.21. The first kappa shape index (κ1) is 19.7. The van der Waals surface area contributed by atoms with Crippen LogP contribution in [0.3, 0.4) is 0 Å². The zero-order chi connectivity index (χ0) is 19.7. The maximum Gasteiger partial charge on any atom is 0.416 e. The summed E-state index contributed by atoms with van der Waals surface area (Å²) >= 11 is 0. The van der Waals surface area contributed by atoms with Gasteiger partial charge in [0.05, 0.1) is 11.1 Å². The SMILES string of the molecule is Cc1nccc(C(=O)N(C)Cc2cc(C(F)(F)F)cc(C(F)(F)F)c2)n1. The van der Waals surface area contributed by atoms with E-state index in [-0.39, 0.29) is 17.3 Å². The summed E-state index contributed by atoms with van der Waals surface area (Å²) in [6.07, 6.45) is -8.56. The van der Waals surface area contributed by atoms with Crippen molar-refractivity contribution in [2.75, 3.05) is 7.05 Å². The molecule has 0 aliphatic carbocycles. The Morgan fingerprint density at radius 2 is 1.58 bits per heavy atom. The van der Waals surface area contributed by atoms with Crippen LogP contribution in [0.2, 0.25) is 0 Å². The summed E-state index contributed by atoms with van der Waals surface area (Å²) in [5.74, 6) is -0.343. The Bertz CT molecular complexity index is 784. The van der Waals surface area contributed by atoms with Crippen LogP contribution in [0.1, 0.15) is 33.0 Å². The summed E-state index contributed by atoms with van der Waals surface area (Å²) in [5, 5.41) is 0. The van der Waals surface area contributed by atoms with Crippen LogP contribution in [0.25, 0.3) is 0 Å². The lowest BCUT2D eigenvalue weighted by molar-refractivity contribution is -0.143. The van der Waals surface area contributed by atoms with E-state index < -0.39 is 35.9 Å². The zero-order valence-electron chi connectivity index (χ0n) is 13.6. The number of carbonyl (C=O) groups excluding carboxylic acids is 1. The number of alkyl halides is 6. The van der Waals surface area contributed by atoms with E-state index in [4.69, 9.17) is 0 Å². The topological polar surface area (TPSA) is 46.1 Å². The predicted molar refractivity (Wildman–Crippen MR) is 79.0 cm³/mol. The van der Waals surface area contributed by atoms with Crippen molar-refractivity contribution >= 4 is 5.91 Å². The molecule has 0 unspecified atom stereocenters. The van der Waals surface area contributed by atoms with E-state index in [9.17, 15) is 31.1 Å². The fraction of sp³-hybridized carbons (Fsp3) is 0.312. The van der Waals surface area contributed by atoms with Gasteiger partial charge < -0.3 is 4.90 Å². The van der Waals surface area contributed by atoms with Gasteiger partial charge in [0.25, 0.3) is 5.91 Å². The van der Waals surface area contributed by atoms with Crippen molar-refractivity contribution in [1.29, 1.82) is 0 Å². The fourth-order valence-corrected chi connectivity index (χ4v) is 2.23. The van der Waals surface area contributed by atoms with Gasteiger partial charge in [-0.3, -0.25) is 4.79 Å². The largest absolute Gasteiger partial charge is 0.416 e. The average molecular weight is 377 g/mol. The molecule has 4 nitrogen and oxygen atoms in total. The molecule has 26 heavy (non-hydrogen) atoms. The Balaban J connectivity index is 2.34. The number of halogens is 6. The maximum atomic E-state index is 12.9. The van der Waals surface area contributed by atoms with E-state index in [1.807, 2.05) is 0 Å². The van der Waals surface area contributed by atoms with Crippen LogP contribution in [0.4, 0.5) is 26.3 Å². The molecular weight excluding hydrogens is 364 g/mol. The second-order valence-electron chi connectivity index (χ2n) is 5.56. The minimum atomic E-state index is -4.94. The van der Waals surface area contributed by atoms with Crippen LogP contribution in [0, 0.1) is 6.92 Å². The molecule has 2 aromatic rings. The zero-order valence-corrected chi connectivity index (χ0v) is 13.6. The number of aromatic nitrogens is 2. The van der Waals surface area contributed by atoms with Crippen molar-refractivity contribution < 1.29 is 31.1 Å². The van der Waals surface area contributed by atoms with Crippen molar-refractivity contribution in [1.82, 2.24) is 14.9 Å². The monoisotopic (exact) mass is 377 g/mol. The Labute approximate surface area is 144 Å². The Kier molecular flexibility index (Phi) is 5.24. The van der Waals surface area contributed by atoms with Crippen molar-refractivity contribution in [3.8, 4) is 0 Å². The maximum absolute atomic E-state index is 12.9. The molecule has 1 aromatic carbocycles. The van der Waals surface area contributed by atoms with Gasteiger partial charge >= 0.3 is 12.4 Å². The lowest BCUT2D eigenvalue weighted by Gasteiger charge is -2.19. The van der Waals surface area contributed by atoms with Gasteiger partial charge in [-0.1, -0.05) is 0 Å². The summed E-state index contributed by atoms with van der Waals surface area (Å²) in [6.45, 7) is 1.09. The molecule has 0 N–H and O–H groups in total. The molecule has 2 rings (SSSR count). The van der Waals surface area contributed by atoms with E-state index in [1.165, 1.54) is 19.3 Å². The van der Waals surface area contributed by atoms with Gasteiger partial charge in [0.1, 0.15) is 11.5 Å². The van der Waals surface area contributed by atoms with Crippen molar-refractivity contribution in [2.24, 2.45) is 0 Å². The minimum Gasteiger partial charge on any atom is -0.336 e. The third-order valence-corrected chi connectivity index (χ3v) is 3.41. The molecule has 1 amide bonds. The van der Waals surface area contributed by atoms with Gasteiger partial charge in [-0.25, -0.2) is 9.97 Å². The first-order valence-corrected chi connectivity index (χ1v) is 7.21. The minimum absolute atomic E-state index is 0.0111. The number of carbonyl (C=O) groups is 1. The van der Waals surface area contributed by atoms with Crippen LogP contribution in [-0.4, -0.2) is 27.8 Å². The van der Waals surface area contributed by atoms with Crippen molar-refractivity contribution in [3.05, 3.63) is 58.7 Å². The normalized spacial score (nSPS) is 12.2. The van der Waals surface area contributed by atoms with Crippen LogP contribution < -0.4 is 0 Å². The lowest BCUT2D eigenvalue weighted by atomic mass is 10.0. The number of nitrogens with zero attached hydrogens (tertiary/aromatic N) is 3. The average Bonchev–Trinajstić information content (AvgIpc) is 2.52. The highest BCUT2D eigenvalue weighted by Crippen LogP contribution is 2.36. The second kappa shape index (κ2) is 6.93. The van der Waals surface area contributed by atoms with E-state index in [2.05, 4.69) is 9.97 Å². The molecular formula is C16H13F6N3O. The highest BCUT2D eigenvalue weighted by atomic mass is 19.4. The Morgan fingerprint density at radius 1 is 1.04 bits per heavy atom. The van der Waals surface area contributed by atoms with Gasteiger partial charge in [-0.15, -0.1) is 0 Å². The number of hydrogen-bond acceptors (Lipinski definition) is 3.